The van der Waals surface area contributed by atoms with Gasteiger partial charge in [-0.1, -0.05) is 47.6 Å². The Kier molecular flexibility index (Phi) is 5.09. The largest absolute Gasteiger partial charge is 0.481 e. The maximum Gasteiger partial charge on any atom is 0.261 e. The highest BCUT2D eigenvalue weighted by Crippen LogP contribution is 2.15. The van der Waals surface area contributed by atoms with Gasteiger partial charge < -0.3 is 14.6 Å². The number of ether oxygens (including phenoxy) is 1. The Hall–Kier alpha value is -3.15. The van der Waals surface area contributed by atoms with Crippen LogP contribution in [0.1, 0.15) is 18.4 Å². The average molecular weight is 337 g/mol. The molecule has 0 aliphatic heterocycles. The van der Waals surface area contributed by atoms with Gasteiger partial charge in [0.2, 0.25) is 11.7 Å². The zero-order chi connectivity index (χ0) is 17.6. The first-order valence-corrected chi connectivity index (χ1v) is 8.01. The molecule has 25 heavy (non-hydrogen) atoms. The van der Waals surface area contributed by atoms with E-state index in [0.29, 0.717) is 17.5 Å². The van der Waals surface area contributed by atoms with E-state index in [9.17, 15) is 4.79 Å². The maximum atomic E-state index is 12.2. The summed E-state index contributed by atoms with van der Waals surface area (Å²) >= 11 is 0. The second-order valence-electron chi connectivity index (χ2n) is 5.67. The lowest BCUT2D eigenvalue weighted by molar-refractivity contribution is -0.127. The van der Waals surface area contributed by atoms with Gasteiger partial charge >= 0.3 is 0 Å². The van der Waals surface area contributed by atoms with Gasteiger partial charge in [0.15, 0.2) is 6.10 Å². The molecule has 1 heterocycles. The predicted octanol–water partition coefficient (Wildman–Crippen LogP) is 3.13. The van der Waals surface area contributed by atoms with Crippen molar-refractivity contribution in [2.75, 3.05) is 0 Å². The van der Waals surface area contributed by atoms with Crippen LogP contribution in [0.4, 0.5) is 0 Å². The number of hydrogen-bond acceptors (Lipinski definition) is 5. The fourth-order valence-electron chi connectivity index (χ4n) is 2.28. The smallest absolute Gasteiger partial charge is 0.261 e. The first-order chi connectivity index (χ1) is 12.1. The van der Waals surface area contributed by atoms with Crippen molar-refractivity contribution in [2.24, 2.45) is 0 Å². The van der Waals surface area contributed by atoms with Gasteiger partial charge in [0.05, 0.1) is 6.54 Å². The van der Waals surface area contributed by atoms with Crippen LogP contribution in [0.25, 0.3) is 11.4 Å². The first-order valence-electron chi connectivity index (χ1n) is 8.01. The molecule has 3 aromatic rings. The number of nitrogens with one attached hydrogen (secondary N) is 1. The minimum Gasteiger partial charge on any atom is -0.481 e. The van der Waals surface area contributed by atoms with Crippen LogP contribution in [0.15, 0.2) is 59.1 Å². The van der Waals surface area contributed by atoms with Gasteiger partial charge in [-0.05, 0) is 31.5 Å². The molecule has 1 aromatic heterocycles. The molecular formula is C19H19N3O3. The summed E-state index contributed by atoms with van der Waals surface area (Å²) in [6, 6.07) is 17.1. The summed E-state index contributed by atoms with van der Waals surface area (Å²) in [4.78, 5) is 16.4. The monoisotopic (exact) mass is 337 g/mol. The van der Waals surface area contributed by atoms with Crippen LogP contribution in [-0.2, 0) is 11.3 Å². The van der Waals surface area contributed by atoms with Crippen LogP contribution < -0.4 is 10.1 Å². The minimum atomic E-state index is -0.627. The van der Waals surface area contributed by atoms with Gasteiger partial charge in [-0.3, -0.25) is 4.79 Å². The van der Waals surface area contributed by atoms with Gasteiger partial charge in [0.25, 0.3) is 5.91 Å². The van der Waals surface area contributed by atoms with E-state index in [1.807, 2.05) is 61.5 Å². The Morgan fingerprint density at radius 3 is 2.76 bits per heavy atom. The third kappa shape index (κ3) is 4.44. The fourth-order valence-corrected chi connectivity index (χ4v) is 2.28. The SMILES string of the molecule is Cc1cccc(O[C@H](C)C(=O)NCc2nc(-c3ccccc3)no2)c1. The lowest BCUT2D eigenvalue weighted by Crippen LogP contribution is -2.36. The molecule has 1 amide bonds. The summed E-state index contributed by atoms with van der Waals surface area (Å²) in [6.45, 7) is 3.82. The number of hydrogen-bond donors (Lipinski definition) is 1. The number of rotatable bonds is 6. The Morgan fingerprint density at radius 1 is 1.20 bits per heavy atom. The van der Waals surface area contributed by atoms with E-state index in [0.717, 1.165) is 11.1 Å². The van der Waals surface area contributed by atoms with Gasteiger partial charge in [0.1, 0.15) is 5.75 Å². The molecule has 0 aliphatic rings. The summed E-state index contributed by atoms with van der Waals surface area (Å²) in [5.41, 5.74) is 1.93. The highest BCUT2D eigenvalue weighted by Gasteiger charge is 2.16. The third-order valence-corrected chi connectivity index (χ3v) is 3.59. The van der Waals surface area contributed by atoms with Crippen molar-refractivity contribution in [1.29, 1.82) is 0 Å². The zero-order valence-electron chi connectivity index (χ0n) is 14.1. The predicted molar refractivity (Wildman–Crippen MR) is 92.8 cm³/mol. The number of aryl methyl sites for hydroxylation is 1. The minimum absolute atomic E-state index is 0.153. The number of carbonyl (C=O) groups excluding carboxylic acids is 1. The van der Waals surface area contributed by atoms with E-state index in [4.69, 9.17) is 9.26 Å². The Morgan fingerprint density at radius 2 is 2.00 bits per heavy atom. The molecule has 3 rings (SSSR count). The molecule has 0 aliphatic carbocycles. The van der Waals surface area contributed by atoms with Crippen molar-refractivity contribution in [1.82, 2.24) is 15.5 Å². The van der Waals surface area contributed by atoms with E-state index >= 15 is 0 Å². The molecule has 0 saturated heterocycles. The van der Waals surface area contributed by atoms with Gasteiger partial charge in [-0.25, -0.2) is 0 Å². The molecule has 0 saturated carbocycles. The molecule has 128 valence electrons. The Balaban J connectivity index is 1.54. The molecule has 0 spiro atoms. The van der Waals surface area contributed by atoms with E-state index in [1.54, 1.807) is 6.92 Å². The third-order valence-electron chi connectivity index (χ3n) is 3.59. The Labute approximate surface area is 145 Å². The summed E-state index contributed by atoms with van der Waals surface area (Å²) < 4.78 is 10.8. The lowest BCUT2D eigenvalue weighted by atomic mass is 10.2. The molecule has 2 aromatic carbocycles. The molecule has 0 fully saturated rings. The summed E-state index contributed by atoms with van der Waals surface area (Å²) in [6.07, 6.45) is -0.627. The molecule has 1 N–H and O–H groups in total. The van der Waals surface area contributed by atoms with Crippen molar-refractivity contribution in [3.8, 4) is 17.1 Å². The van der Waals surface area contributed by atoms with E-state index < -0.39 is 6.10 Å². The van der Waals surface area contributed by atoms with Crippen LogP contribution in [0.2, 0.25) is 0 Å². The average Bonchev–Trinajstić information content (AvgIpc) is 3.09. The number of benzene rings is 2. The van der Waals surface area contributed by atoms with E-state index in [-0.39, 0.29) is 12.5 Å². The van der Waals surface area contributed by atoms with Gasteiger partial charge in [-0.15, -0.1) is 0 Å². The summed E-state index contributed by atoms with van der Waals surface area (Å²) in [5.74, 6) is 1.25. The highest BCUT2D eigenvalue weighted by molar-refractivity contribution is 5.80. The normalized spacial score (nSPS) is 11.8. The van der Waals surface area contributed by atoms with Crippen molar-refractivity contribution in [3.63, 3.8) is 0 Å². The second-order valence-corrected chi connectivity index (χ2v) is 5.67. The van der Waals surface area contributed by atoms with Crippen LogP contribution in [0.3, 0.4) is 0 Å². The standard InChI is InChI=1S/C19H19N3O3/c1-13-7-6-10-16(11-13)24-14(2)19(23)20-12-17-21-18(22-25-17)15-8-4-3-5-9-15/h3-11,14H,12H2,1-2H3,(H,20,23)/t14-/m1/s1. The lowest BCUT2D eigenvalue weighted by Gasteiger charge is -2.14. The summed E-state index contributed by atoms with van der Waals surface area (Å²) in [7, 11) is 0. The molecule has 0 unspecified atom stereocenters. The number of carbonyl (C=O) groups is 1. The van der Waals surface area contributed by atoms with Crippen molar-refractivity contribution < 1.29 is 14.1 Å². The van der Waals surface area contributed by atoms with Gasteiger partial charge in [-0.2, -0.15) is 4.98 Å². The van der Waals surface area contributed by atoms with Crippen LogP contribution >= 0.6 is 0 Å². The van der Waals surface area contributed by atoms with Gasteiger partial charge in [0, 0.05) is 5.56 Å². The molecule has 0 bridgehead atoms. The Bertz CT molecular complexity index is 846. The summed E-state index contributed by atoms with van der Waals surface area (Å²) in [5, 5.41) is 6.66. The maximum absolute atomic E-state index is 12.2. The second kappa shape index (κ2) is 7.61. The van der Waals surface area contributed by atoms with Crippen LogP contribution in [0, 0.1) is 6.92 Å². The molecular weight excluding hydrogens is 318 g/mol. The van der Waals surface area contributed by atoms with Crippen molar-refractivity contribution >= 4 is 5.91 Å². The number of amides is 1. The zero-order valence-corrected chi connectivity index (χ0v) is 14.1. The topological polar surface area (TPSA) is 77.2 Å². The molecule has 6 nitrogen and oxygen atoms in total. The molecule has 0 radical (unpaired) electrons. The van der Waals surface area contributed by atoms with Crippen molar-refractivity contribution in [3.05, 3.63) is 66.1 Å². The van der Waals surface area contributed by atoms with Crippen LogP contribution in [0.5, 0.6) is 5.75 Å². The fraction of sp³-hybridized carbons (Fsp3) is 0.211. The molecule has 1 atom stereocenters. The van der Waals surface area contributed by atoms with E-state index in [2.05, 4.69) is 15.5 Å². The van der Waals surface area contributed by atoms with Crippen LogP contribution in [-0.4, -0.2) is 22.2 Å². The highest BCUT2D eigenvalue weighted by atomic mass is 16.5. The molecule has 6 heteroatoms. The first kappa shape index (κ1) is 16.7. The number of nitrogens with zero attached hydrogens (tertiary/aromatic N) is 2. The van der Waals surface area contributed by atoms with E-state index in [1.165, 1.54) is 0 Å². The number of aromatic nitrogens is 2. The van der Waals surface area contributed by atoms with Crippen molar-refractivity contribution in [2.45, 2.75) is 26.5 Å². The quantitative estimate of drug-likeness (QED) is 0.748.